The third-order valence-corrected chi connectivity index (χ3v) is 4.14. The van der Waals surface area contributed by atoms with Crippen LogP contribution in [0, 0.1) is 0 Å². The third kappa shape index (κ3) is 3.26. The van der Waals surface area contributed by atoms with E-state index in [-0.39, 0.29) is 5.91 Å². The number of benzene rings is 1. The minimum absolute atomic E-state index is 0.0804. The SMILES string of the molecule is Cn1cc(/C=C/C(=O)NCCc2cscn2)c2ccccc21. The average molecular weight is 311 g/mol. The standard InChI is InChI=1S/C17H17N3OS/c1-20-10-13(15-4-2-3-5-16(15)20)6-7-17(21)18-9-8-14-11-22-12-19-14/h2-7,10-12H,8-9H2,1H3,(H,18,21)/b7-6+. The van der Waals surface area contributed by atoms with E-state index in [4.69, 9.17) is 0 Å². The summed E-state index contributed by atoms with van der Waals surface area (Å²) in [5.41, 5.74) is 5.03. The lowest BCUT2D eigenvalue weighted by molar-refractivity contribution is -0.116. The summed E-state index contributed by atoms with van der Waals surface area (Å²) in [7, 11) is 2.01. The Bertz CT molecular complexity index is 803. The predicted octanol–water partition coefficient (Wildman–Crippen LogP) is 3.01. The molecule has 1 N–H and O–H groups in total. The van der Waals surface area contributed by atoms with E-state index in [0.717, 1.165) is 28.6 Å². The van der Waals surface area contributed by atoms with Gasteiger partial charge in [-0.15, -0.1) is 11.3 Å². The minimum Gasteiger partial charge on any atom is -0.352 e. The van der Waals surface area contributed by atoms with Crippen molar-refractivity contribution in [3.63, 3.8) is 0 Å². The zero-order valence-corrected chi connectivity index (χ0v) is 13.1. The molecule has 1 amide bonds. The fraction of sp³-hybridized carbons (Fsp3) is 0.176. The molecule has 0 spiro atoms. The van der Waals surface area contributed by atoms with Gasteiger partial charge in [0.25, 0.3) is 0 Å². The first-order valence-corrected chi connectivity index (χ1v) is 8.05. The molecule has 2 aromatic heterocycles. The highest BCUT2D eigenvalue weighted by molar-refractivity contribution is 7.07. The predicted molar refractivity (Wildman–Crippen MR) is 90.8 cm³/mol. The van der Waals surface area contributed by atoms with Crippen LogP contribution in [-0.4, -0.2) is 22.0 Å². The molecule has 0 unspecified atom stereocenters. The van der Waals surface area contributed by atoms with Gasteiger partial charge < -0.3 is 9.88 Å². The largest absolute Gasteiger partial charge is 0.352 e. The zero-order valence-electron chi connectivity index (χ0n) is 12.3. The summed E-state index contributed by atoms with van der Waals surface area (Å²) < 4.78 is 2.06. The number of aryl methyl sites for hydroxylation is 1. The summed E-state index contributed by atoms with van der Waals surface area (Å²) in [6.45, 7) is 0.600. The van der Waals surface area contributed by atoms with Crippen molar-refractivity contribution in [1.82, 2.24) is 14.9 Å². The number of nitrogens with zero attached hydrogens (tertiary/aromatic N) is 2. The van der Waals surface area contributed by atoms with Gasteiger partial charge in [-0.1, -0.05) is 18.2 Å². The van der Waals surface area contributed by atoms with E-state index in [2.05, 4.69) is 27.0 Å². The van der Waals surface area contributed by atoms with Crippen LogP contribution < -0.4 is 5.32 Å². The Morgan fingerprint density at radius 1 is 1.41 bits per heavy atom. The molecule has 0 saturated heterocycles. The molecule has 3 rings (SSSR count). The summed E-state index contributed by atoms with van der Waals surface area (Å²) in [6.07, 6.45) is 6.24. The highest BCUT2D eigenvalue weighted by Gasteiger charge is 2.03. The Labute approximate surface area is 133 Å². The monoisotopic (exact) mass is 311 g/mol. The average Bonchev–Trinajstić information content (AvgIpc) is 3.14. The van der Waals surface area contributed by atoms with E-state index in [9.17, 15) is 4.79 Å². The summed E-state index contributed by atoms with van der Waals surface area (Å²) in [5, 5.41) is 6.03. The van der Waals surface area contributed by atoms with Crippen molar-refractivity contribution in [3.8, 4) is 0 Å². The first-order valence-electron chi connectivity index (χ1n) is 7.11. The lowest BCUT2D eigenvalue weighted by Crippen LogP contribution is -2.23. The Morgan fingerprint density at radius 2 is 2.27 bits per heavy atom. The van der Waals surface area contributed by atoms with Crippen molar-refractivity contribution in [2.24, 2.45) is 7.05 Å². The number of thiazole rings is 1. The van der Waals surface area contributed by atoms with Crippen LogP contribution in [0.5, 0.6) is 0 Å². The van der Waals surface area contributed by atoms with Crippen LogP contribution in [0.1, 0.15) is 11.3 Å². The van der Waals surface area contributed by atoms with Crippen LogP contribution in [0.25, 0.3) is 17.0 Å². The zero-order chi connectivity index (χ0) is 15.4. The number of aromatic nitrogens is 2. The molecular formula is C17H17N3OS. The van der Waals surface area contributed by atoms with E-state index in [1.165, 1.54) is 0 Å². The fourth-order valence-corrected chi connectivity index (χ4v) is 3.00. The molecule has 0 aliphatic heterocycles. The van der Waals surface area contributed by atoms with E-state index in [1.807, 2.05) is 36.8 Å². The van der Waals surface area contributed by atoms with Gasteiger partial charge >= 0.3 is 0 Å². The smallest absolute Gasteiger partial charge is 0.244 e. The molecule has 0 radical (unpaired) electrons. The number of amides is 1. The molecule has 3 aromatic rings. The molecule has 1 aromatic carbocycles. The van der Waals surface area contributed by atoms with Crippen molar-refractivity contribution in [2.45, 2.75) is 6.42 Å². The van der Waals surface area contributed by atoms with Crippen molar-refractivity contribution < 1.29 is 4.79 Å². The summed E-state index contributed by atoms with van der Waals surface area (Å²) >= 11 is 1.57. The van der Waals surface area contributed by atoms with Gasteiger partial charge in [0.15, 0.2) is 0 Å². The van der Waals surface area contributed by atoms with Crippen LogP contribution in [0.15, 0.2) is 47.4 Å². The molecule has 22 heavy (non-hydrogen) atoms. The number of para-hydroxylation sites is 1. The maximum absolute atomic E-state index is 11.9. The Balaban J connectivity index is 1.61. The quantitative estimate of drug-likeness (QED) is 0.736. The molecule has 0 fully saturated rings. The Hall–Kier alpha value is -2.40. The van der Waals surface area contributed by atoms with Gasteiger partial charge in [0.05, 0.1) is 11.2 Å². The maximum atomic E-state index is 11.9. The van der Waals surface area contributed by atoms with Gasteiger partial charge in [-0.3, -0.25) is 4.79 Å². The molecule has 0 saturated carbocycles. The number of hydrogen-bond acceptors (Lipinski definition) is 3. The molecule has 0 aliphatic carbocycles. The van der Waals surface area contributed by atoms with E-state index in [1.54, 1.807) is 22.9 Å². The number of carbonyl (C=O) groups excluding carboxylic acids is 1. The lowest BCUT2D eigenvalue weighted by atomic mass is 10.1. The normalized spacial score (nSPS) is 11.3. The maximum Gasteiger partial charge on any atom is 0.244 e. The first kappa shape index (κ1) is 14.5. The Kier molecular flexibility index (Phi) is 4.34. The lowest BCUT2D eigenvalue weighted by Gasteiger charge is -1.99. The fourth-order valence-electron chi connectivity index (χ4n) is 2.41. The molecular weight excluding hydrogens is 294 g/mol. The van der Waals surface area contributed by atoms with Gasteiger partial charge in [-0.25, -0.2) is 4.98 Å². The van der Waals surface area contributed by atoms with Gasteiger partial charge in [-0.05, 0) is 12.1 Å². The molecule has 112 valence electrons. The second-order valence-corrected chi connectivity index (χ2v) is 5.79. The van der Waals surface area contributed by atoms with Gasteiger partial charge in [0.2, 0.25) is 5.91 Å². The van der Waals surface area contributed by atoms with Crippen LogP contribution in [-0.2, 0) is 18.3 Å². The highest BCUT2D eigenvalue weighted by Crippen LogP contribution is 2.21. The number of fused-ring (bicyclic) bond motifs is 1. The van der Waals surface area contributed by atoms with Gasteiger partial charge in [-0.2, -0.15) is 0 Å². The van der Waals surface area contributed by atoms with E-state index < -0.39 is 0 Å². The van der Waals surface area contributed by atoms with E-state index in [0.29, 0.717) is 6.54 Å². The van der Waals surface area contributed by atoms with Crippen LogP contribution >= 0.6 is 11.3 Å². The van der Waals surface area contributed by atoms with Gasteiger partial charge in [0, 0.05) is 54.1 Å². The van der Waals surface area contributed by atoms with Crippen molar-refractivity contribution >= 4 is 34.2 Å². The summed E-state index contributed by atoms with van der Waals surface area (Å²) in [6, 6.07) is 8.16. The molecule has 0 aliphatic rings. The third-order valence-electron chi connectivity index (χ3n) is 3.51. The van der Waals surface area contributed by atoms with Crippen molar-refractivity contribution in [2.75, 3.05) is 6.54 Å². The number of nitrogens with one attached hydrogen (secondary N) is 1. The van der Waals surface area contributed by atoms with Gasteiger partial charge in [0.1, 0.15) is 0 Å². The van der Waals surface area contributed by atoms with Crippen LogP contribution in [0.4, 0.5) is 0 Å². The topological polar surface area (TPSA) is 46.9 Å². The molecule has 2 heterocycles. The second-order valence-electron chi connectivity index (χ2n) is 5.07. The van der Waals surface area contributed by atoms with Crippen molar-refractivity contribution in [3.05, 3.63) is 58.7 Å². The van der Waals surface area contributed by atoms with Crippen LogP contribution in [0.3, 0.4) is 0 Å². The molecule has 0 atom stereocenters. The summed E-state index contributed by atoms with van der Waals surface area (Å²) in [4.78, 5) is 16.1. The Morgan fingerprint density at radius 3 is 3.09 bits per heavy atom. The summed E-state index contributed by atoms with van der Waals surface area (Å²) in [5.74, 6) is -0.0804. The van der Waals surface area contributed by atoms with Crippen LogP contribution in [0.2, 0.25) is 0 Å². The van der Waals surface area contributed by atoms with Crippen molar-refractivity contribution in [1.29, 1.82) is 0 Å². The highest BCUT2D eigenvalue weighted by atomic mass is 32.1. The number of carbonyl (C=O) groups is 1. The second kappa shape index (κ2) is 6.58. The molecule has 0 bridgehead atoms. The molecule has 5 heteroatoms. The number of rotatable bonds is 5. The van der Waals surface area contributed by atoms with E-state index >= 15 is 0 Å². The number of hydrogen-bond donors (Lipinski definition) is 1. The minimum atomic E-state index is -0.0804. The first-order chi connectivity index (χ1) is 10.7. The molecule has 4 nitrogen and oxygen atoms in total.